The van der Waals surface area contributed by atoms with E-state index < -0.39 is 0 Å². The number of carbonyl (C=O) groups is 1. The minimum absolute atomic E-state index is 0.0437. The maximum atomic E-state index is 12.5. The molecular weight excluding hydrogens is 364 g/mol. The third-order valence-electron chi connectivity index (χ3n) is 5.73. The third kappa shape index (κ3) is 4.96. The topological polar surface area (TPSA) is 64.6 Å². The highest BCUT2D eigenvalue weighted by molar-refractivity contribution is 5.89. The molecule has 2 amide bonds. The summed E-state index contributed by atoms with van der Waals surface area (Å²) in [5, 5.41) is 11.9. The second-order valence-corrected chi connectivity index (χ2v) is 7.92. The highest BCUT2D eigenvalue weighted by Gasteiger charge is 2.22. The van der Waals surface area contributed by atoms with Gasteiger partial charge < -0.3 is 20.0 Å². The Labute approximate surface area is 172 Å². The normalized spacial score (nSPS) is 17.8. The number of anilines is 3. The van der Waals surface area contributed by atoms with Crippen molar-refractivity contribution in [3.05, 3.63) is 42.0 Å². The van der Waals surface area contributed by atoms with E-state index in [-0.39, 0.29) is 6.03 Å². The molecule has 7 nitrogen and oxygen atoms in total. The molecule has 2 aliphatic heterocycles. The number of aryl methyl sites for hydroxylation is 1. The van der Waals surface area contributed by atoms with Crippen LogP contribution in [0.4, 0.5) is 22.1 Å². The summed E-state index contributed by atoms with van der Waals surface area (Å²) in [6.07, 6.45) is 5.08. The molecule has 0 radical (unpaired) electrons. The number of nitrogens with zero attached hydrogens (tertiary/aromatic N) is 5. The molecule has 29 heavy (non-hydrogen) atoms. The second kappa shape index (κ2) is 9.11. The number of hydrogen-bond acceptors (Lipinski definition) is 5. The van der Waals surface area contributed by atoms with Crippen LogP contribution in [0.1, 0.15) is 31.2 Å². The second-order valence-electron chi connectivity index (χ2n) is 7.92. The zero-order valence-corrected chi connectivity index (χ0v) is 17.2. The largest absolute Gasteiger partial charge is 0.355 e. The van der Waals surface area contributed by atoms with Gasteiger partial charge in [0.2, 0.25) is 0 Å². The molecule has 0 aliphatic carbocycles. The van der Waals surface area contributed by atoms with Crippen molar-refractivity contribution in [3.8, 4) is 0 Å². The SMILES string of the molecule is Cc1cccc(NC(=O)N2CCN(c3ccc(N4CCCCCC4)nn3)CC2)c1. The summed E-state index contributed by atoms with van der Waals surface area (Å²) in [5.41, 5.74) is 1.97. The van der Waals surface area contributed by atoms with E-state index in [2.05, 4.69) is 37.4 Å². The van der Waals surface area contributed by atoms with Crippen molar-refractivity contribution in [3.63, 3.8) is 0 Å². The van der Waals surface area contributed by atoms with E-state index in [1.807, 2.05) is 36.1 Å². The number of nitrogens with one attached hydrogen (secondary N) is 1. The molecule has 2 saturated heterocycles. The molecule has 1 aromatic carbocycles. The molecule has 3 heterocycles. The van der Waals surface area contributed by atoms with Crippen LogP contribution in [-0.2, 0) is 0 Å². The zero-order valence-electron chi connectivity index (χ0n) is 17.2. The molecule has 7 heteroatoms. The summed E-state index contributed by atoms with van der Waals surface area (Å²) < 4.78 is 0. The van der Waals surface area contributed by atoms with Crippen LogP contribution in [0.3, 0.4) is 0 Å². The molecule has 0 bridgehead atoms. The third-order valence-corrected chi connectivity index (χ3v) is 5.73. The predicted octanol–water partition coefficient (Wildman–Crippen LogP) is 3.52. The molecule has 0 atom stereocenters. The van der Waals surface area contributed by atoms with Gasteiger partial charge >= 0.3 is 6.03 Å². The quantitative estimate of drug-likeness (QED) is 0.863. The number of hydrogen-bond donors (Lipinski definition) is 1. The smallest absolute Gasteiger partial charge is 0.321 e. The van der Waals surface area contributed by atoms with E-state index >= 15 is 0 Å². The minimum Gasteiger partial charge on any atom is -0.355 e. The Morgan fingerprint density at radius 1 is 0.828 bits per heavy atom. The van der Waals surface area contributed by atoms with Crippen molar-refractivity contribution < 1.29 is 4.79 Å². The van der Waals surface area contributed by atoms with E-state index in [0.29, 0.717) is 13.1 Å². The molecule has 4 rings (SSSR count). The molecule has 0 spiro atoms. The monoisotopic (exact) mass is 394 g/mol. The first kappa shape index (κ1) is 19.5. The summed E-state index contributed by atoms with van der Waals surface area (Å²) in [6, 6.07) is 12.0. The molecule has 1 N–H and O–H groups in total. The number of urea groups is 1. The van der Waals surface area contributed by atoms with Gasteiger partial charge in [0.15, 0.2) is 11.6 Å². The standard InChI is InChI=1S/C22H30N6O/c1-18-7-6-8-19(17-18)23-22(29)28-15-13-27(14-16-28)21-10-9-20(24-25-21)26-11-4-2-3-5-12-26/h6-10,17H,2-5,11-16H2,1H3,(H,23,29). The van der Waals surface area contributed by atoms with Crippen LogP contribution < -0.4 is 15.1 Å². The van der Waals surface area contributed by atoms with Gasteiger partial charge in [0.1, 0.15) is 0 Å². The van der Waals surface area contributed by atoms with Crippen molar-refractivity contribution in [2.45, 2.75) is 32.6 Å². The average molecular weight is 395 g/mol. The Balaban J connectivity index is 1.30. The predicted molar refractivity (Wildman–Crippen MR) is 117 cm³/mol. The van der Waals surface area contributed by atoms with Crippen molar-refractivity contribution in [2.75, 3.05) is 54.4 Å². The Morgan fingerprint density at radius 3 is 2.03 bits per heavy atom. The lowest BCUT2D eigenvalue weighted by Crippen LogP contribution is -2.50. The number of carbonyl (C=O) groups excluding carboxylic acids is 1. The van der Waals surface area contributed by atoms with E-state index in [1.54, 1.807) is 0 Å². The molecule has 2 aliphatic rings. The number of benzene rings is 1. The minimum atomic E-state index is -0.0437. The van der Waals surface area contributed by atoms with Gasteiger partial charge in [-0.15, -0.1) is 10.2 Å². The van der Waals surface area contributed by atoms with Crippen LogP contribution >= 0.6 is 0 Å². The van der Waals surface area contributed by atoms with Crippen molar-refractivity contribution >= 4 is 23.4 Å². The summed E-state index contributed by atoms with van der Waals surface area (Å²) >= 11 is 0. The number of amides is 2. The van der Waals surface area contributed by atoms with E-state index in [4.69, 9.17) is 0 Å². The number of aromatic nitrogens is 2. The summed E-state index contributed by atoms with van der Waals surface area (Å²) in [5.74, 6) is 1.87. The van der Waals surface area contributed by atoms with Gasteiger partial charge in [-0.05, 0) is 49.6 Å². The zero-order chi connectivity index (χ0) is 20.1. The van der Waals surface area contributed by atoms with Crippen LogP contribution in [0.15, 0.2) is 36.4 Å². The van der Waals surface area contributed by atoms with E-state index in [9.17, 15) is 4.79 Å². The van der Waals surface area contributed by atoms with Crippen LogP contribution in [0.25, 0.3) is 0 Å². The van der Waals surface area contributed by atoms with Crippen molar-refractivity contribution in [1.82, 2.24) is 15.1 Å². The van der Waals surface area contributed by atoms with Gasteiger partial charge in [-0.2, -0.15) is 0 Å². The first-order chi connectivity index (χ1) is 14.2. The lowest BCUT2D eigenvalue weighted by Gasteiger charge is -2.35. The van der Waals surface area contributed by atoms with Crippen LogP contribution in [0, 0.1) is 6.92 Å². The van der Waals surface area contributed by atoms with Crippen LogP contribution in [0.5, 0.6) is 0 Å². The molecule has 2 aromatic rings. The molecule has 2 fully saturated rings. The van der Waals surface area contributed by atoms with Gasteiger partial charge in [0.25, 0.3) is 0 Å². The Kier molecular flexibility index (Phi) is 6.12. The van der Waals surface area contributed by atoms with Gasteiger partial charge in [-0.25, -0.2) is 4.79 Å². The Bertz CT molecular complexity index is 808. The van der Waals surface area contributed by atoms with Crippen LogP contribution in [0.2, 0.25) is 0 Å². The van der Waals surface area contributed by atoms with Gasteiger partial charge in [0, 0.05) is 45.0 Å². The summed E-state index contributed by atoms with van der Waals surface area (Å²) in [6.45, 7) is 7.04. The first-order valence-corrected chi connectivity index (χ1v) is 10.7. The Morgan fingerprint density at radius 2 is 1.45 bits per heavy atom. The van der Waals surface area contributed by atoms with E-state index in [1.165, 1.54) is 25.7 Å². The molecular formula is C22H30N6O. The molecule has 0 unspecified atom stereocenters. The fraction of sp³-hybridized carbons (Fsp3) is 0.500. The average Bonchev–Trinajstić information content (AvgIpc) is 3.04. The van der Waals surface area contributed by atoms with Crippen LogP contribution in [-0.4, -0.2) is 60.4 Å². The maximum Gasteiger partial charge on any atom is 0.321 e. The lowest BCUT2D eigenvalue weighted by molar-refractivity contribution is 0.208. The molecule has 154 valence electrons. The first-order valence-electron chi connectivity index (χ1n) is 10.7. The number of rotatable bonds is 3. The summed E-state index contributed by atoms with van der Waals surface area (Å²) in [7, 11) is 0. The molecule has 0 saturated carbocycles. The highest BCUT2D eigenvalue weighted by Crippen LogP contribution is 2.20. The van der Waals surface area contributed by atoms with Crippen molar-refractivity contribution in [1.29, 1.82) is 0 Å². The Hall–Kier alpha value is -2.83. The highest BCUT2D eigenvalue weighted by atomic mass is 16.2. The van der Waals surface area contributed by atoms with Gasteiger partial charge in [0.05, 0.1) is 0 Å². The fourth-order valence-electron chi connectivity index (χ4n) is 4.02. The van der Waals surface area contributed by atoms with Crippen molar-refractivity contribution in [2.24, 2.45) is 0 Å². The lowest BCUT2D eigenvalue weighted by atomic mass is 10.2. The van der Waals surface area contributed by atoms with Gasteiger partial charge in [-0.3, -0.25) is 0 Å². The number of piperazine rings is 1. The van der Waals surface area contributed by atoms with E-state index in [0.717, 1.165) is 49.1 Å². The molecule has 1 aromatic heterocycles. The summed E-state index contributed by atoms with van der Waals surface area (Å²) in [4.78, 5) is 18.9. The van der Waals surface area contributed by atoms with Gasteiger partial charge in [-0.1, -0.05) is 25.0 Å². The fourth-order valence-corrected chi connectivity index (χ4v) is 4.02. The maximum absolute atomic E-state index is 12.5.